The average Bonchev–Trinajstić information content (AvgIpc) is 3.37. The van der Waals surface area contributed by atoms with Crippen LogP contribution in [0.2, 0.25) is 0 Å². The molecule has 156 valence electrons. The third kappa shape index (κ3) is 3.58. The molecule has 1 N–H and O–H groups in total. The summed E-state index contributed by atoms with van der Waals surface area (Å²) >= 11 is 1.40. The summed E-state index contributed by atoms with van der Waals surface area (Å²) in [5, 5.41) is 8.04. The Labute approximate surface area is 177 Å². The first kappa shape index (κ1) is 20.1. The molecule has 4 rings (SSSR count). The molecule has 0 aliphatic carbocycles. The van der Waals surface area contributed by atoms with E-state index < -0.39 is 0 Å². The second-order valence-electron chi connectivity index (χ2n) is 7.80. The molecule has 1 aliphatic rings. The van der Waals surface area contributed by atoms with Crippen molar-refractivity contribution < 1.29 is 0 Å². The molecular formula is C20H23N7O2S. The van der Waals surface area contributed by atoms with Gasteiger partial charge in [-0.15, -0.1) is 11.8 Å². The molecule has 1 aliphatic heterocycles. The summed E-state index contributed by atoms with van der Waals surface area (Å²) in [5.74, 6) is 0.544. The van der Waals surface area contributed by atoms with E-state index in [1.54, 1.807) is 15.6 Å². The van der Waals surface area contributed by atoms with Crippen molar-refractivity contribution in [1.29, 1.82) is 0 Å². The molecule has 3 heterocycles. The van der Waals surface area contributed by atoms with Gasteiger partial charge in [0.05, 0.1) is 24.3 Å². The van der Waals surface area contributed by atoms with Gasteiger partial charge in [0.2, 0.25) is 0 Å². The number of aliphatic imine (C=N–C) groups is 1. The summed E-state index contributed by atoms with van der Waals surface area (Å²) in [4.78, 5) is 34.2. The van der Waals surface area contributed by atoms with Crippen molar-refractivity contribution >= 4 is 22.6 Å². The zero-order chi connectivity index (χ0) is 21.5. The topological polar surface area (TPSA) is 99.1 Å². The summed E-state index contributed by atoms with van der Waals surface area (Å²) in [7, 11) is 1.51. The molecule has 9 nitrogen and oxygen atoms in total. The second-order valence-corrected chi connectivity index (χ2v) is 8.59. The highest BCUT2D eigenvalue weighted by molar-refractivity contribution is 8.13. The van der Waals surface area contributed by atoms with Crippen molar-refractivity contribution in [2.45, 2.75) is 32.5 Å². The molecule has 30 heavy (non-hydrogen) atoms. The van der Waals surface area contributed by atoms with Gasteiger partial charge in [0, 0.05) is 7.05 Å². The lowest BCUT2D eigenvalue weighted by molar-refractivity contribution is 0.503. The largest absolute Gasteiger partial charge is 0.364 e. The first-order valence-corrected chi connectivity index (χ1v) is 10.7. The number of thioether (sulfide) groups is 1. The molecule has 0 radical (unpaired) electrons. The maximum absolute atomic E-state index is 12.9. The lowest BCUT2D eigenvalue weighted by Crippen LogP contribution is -2.40. The number of hydrogen-bond acceptors (Lipinski definition) is 7. The fraction of sp³-hybridized carbons (Fsp3) is 0.350. The van der Waals surface area contributed by atoms with Crippen LogP contribution in [-0.4, -0.2) is 40.7 Å². The normalized spacial score (nSPS) is 15.1. The average molecular weight is 426 g/mol. The number of anilines is 1. The highest BCUT2D eigenvalue weighted by Crippen LogP contribution is 2.28. The monoisotopic (exact) mass is 425 g/mol. The molecular weight excluding hydrogens is 402 g/mol. The van der Waals surface area contributed by atoms with Crippen LogP contribution in [0.25, 0.3) is 5.69 Å². The van der Waals surface area contributed by atoms with Gasteiger partial charge >= 0.3 is 5.69 Å². The molecule has 0 fully saturated rings. The van der Waals surface area contributed by atoms with Gasteiger partial charge in [-0.05, 0) is 37.8 Å². The number of nitrogens with zero attached hydrogens (tertiary/aromatic N) is 6. The summed E-state index contributed by atoms with van der Waals surface area (Å²) < 4.78 is 4.46. The van der Waals surface area contributed by atoms with Crippen molar-refractivity contribution in [2.24, 2.45) is 12.0 Å². The Hall–Kier alpha value is -3.14. The van der Waals surface area contributed by atoms with Gasteiger partial charge in [-0.25, -0.2) is 14.5 Å². The Morgan fingerprint density at radius 2 is 2.00 bits per heavy atom. The Bertz CT molecular complexity index is 1220. The second kappa shape index (κ2) is 7.60. The van der Waals surface area contributed by atoms with Gasteiger partial charge in [0.25, 0.3) is 5.56 Å². The van der Waals surface area contributed by atoms with Gasteiger partial charge in [0.15, 0.2) is 0 Å². The molecule has 0 atom stereocenters. The van der Waals surface area contributed by atoms with Gasteiger partial charge in [-0.3, -0.25) is 18.9 Å². The van der Waals surface area contributed by atoms with E-state index in [0.29, 0.717) is 29.5 Å². The van der Waals surface area contributed by atoms with E-state index in [9.17, 15) is 9.59 Å². The van der Waals surface area contributed by atoms with Crippen molar-refractivity contribution in [2.75, 3.05) is 11.6 Å². The van der Waals surface area contributed by atoms with E-state index >= 15 is 0 Å². The van der Waals surface area contributed by atoms with Crippen LogP contribution in [-0.2, 0) is 20.1 Å². The third-order valence-corrected chi connectivity index (χ3v) is 5.71. The molecule has 2 aromatic heterocycles. The van der Waals surface area contributed by atoms with Crippen molar-refractivity contribution in [3.05, 3.63) is 68.9 Å². The Balaban J connectivity index is 1.69. The number of rotatable bonds is 4. The van der Waals surface area contributed by atoms with E-state index in [4.69, 9.17) is 4.99 Å². The molecule has 10 heteroatoms. The van der Waals surface area contributed by atoms with Crippen molar-refractivity contribution in [1.82, 2.24) is 23.9 Å². The minimum absolute atomic E-state index is 0.317. The lowest BCUT2D eigenvalue weighted by Gasteiger charge is -2.17. The SMILES string of the molecule is CSC(=NCc1ccc(-n2cncn2)cc1)c1c2n(c(=O)n(C)c1=O)CC(C)(C)N2. The number of fused-ring (bicyclic) bond motifs is 1. The molecule has 0 saturated carbocycles. The molecule has 0 amide bonds. The lowest BCUT2D eigenvalue weighted by atomic mass is 10.1. The fourth-order valence-corrected chi connectivity index (χ4v) is 4.08. The van der Waals surface area contributed by atoms with Gasteiger partial charge < -0.3 is 5.32 Å². The Kier molecular flexibility index (Phi) is 5.10. The van der Waals surface area contributed by atoms with Crippen LogP contribution in [0.3, 0.4) is 0 Å². The van der Waals surface area contributed by atoms with Crippen LogP contribution in [0.1, 0.15) is 25.0 Å². The molecule has 1 aromatic carbocycles. The Morgan fingerprint density at radius 1 is 1.27 bits per heavy atom. The predicted octanol–water partition coefficient (Wildman–Crippen LogP) is 1.64. The minimum atomic E-state index is -0.342. The number of nitrogens with one attached hydrogen (secondary N) is 1. The first-order valence-electron chi connectivity index (χ1n) is 9.45. The minimum Gasteiger partial charge on any atom is -0.364 e. The standard InChI is InChI=1S/C20H23N7O2S/c1-20(2)10-26-16(24-20)15(18(28)25(3)19(26)29)17(30-4)22-9-13-5-7-14(8-6-13)27-12-21-11-23-27/h5-8,11-12,24H,9-10H2,1-4H3. The van der Waals surface area contributed by atoms with E-state index in [0.717, 1.165) is 15.8 Å². The van der Waals surface area contributed by atoms with Crippen LogP contribution < -0.4 is 16.6 Å². The number of benzene rings is 1. The zero-order valence-electron chi connectivity index (χ0n) is 17.3. The summed E-state index contributed by atoms with van der Waals surface area (Å²) in [6, 6.07) is 7.83. The van der Waals surface area contributed by atoms with Crippen molar-refractivity contribution in [3.63, 3.8) is 0 Å². The van der Waals surface area contributed by atoms with Gasteiger partial charge in [-0.1, -0.05) is 12.1 Å². The first-order chi connectivity index (χ1) is 14.3. The number of hydrogen-bond donors (Lipinski definition) is 1. The molecule has 0 bridgehead atoms. The van der Waals surface area contributed by atoms with Crippen LogP contribution >= 0.6 is 11.8 Å². The van der Waals surface area contributed by atoms with Crippen LogP contribution in [0.5, 0.6) is 0 Å². The highest BCUT2D eigenvalue weighted by Gasteiger charge is 2.33. The van der Waals surface area contributed by atoms with Crippen molar-refractivity contribution in [3.8, 4) is 5.69 Å². The third-order valence-electron chi connectivity index (χ3n) is 4.99. The summed E-state index contributed by atoms with van der Waals surface area (Å²) in [6.07, 6.45) is 5.01. The van der Waals surface area contributed by atoms with E-state index in [-0.39, 0.29) is 16.8 Å². The Morgan fingerprint density at radius 3 is 2.63 bits per heavy atom. The maximum Gasteiger partial charge on any atom is 0.332 e. The highest BCUT2D eigenvalue weighted by atomic mass is 32.2. The van der Waals surface area contributed by atoms with Crippen LogP contribution in [0.15, 0.2) is 51.5 Å². The smallest absolute Gasteiger partial charge is 0.332 e. The fourth-order valence-electron chi connectivity index (χ4n) is 3.50. The quantitative estimate of drug-likeness (QED) is 0.504. The van der Waals surface area contributed by atoms with E-state index in [2.05, 4.69) is 15.4 Å². The van der Waals surface area contributed by atoms with E-state index in [1.807, 2.05) is 44.4 Å². The van der Waals surface area contributed by atoms with Crippen LogP contribution in [0.4, 0.5) is 5.82 Å². The number of aromatic nitrogens is 5. The maximum atomic E-state index is 12.9. The summed E-state index contributed by atoms with van der Waals surface area (Å²) in [6.45, 7) is 4.91. The summed E-state index contributed by atoms with van der Waals surface area (Å²) in [5.41, 5.74) is 1.37. The van der Waals surface area contributed by atoms with Crippen LogP contribution in [0, 0.1) is 0 Å². The van der Waals surface area contributed by atoms with Gasteiger partial charge in [-0.2, -0.15) is 5.10 Å². The van der Waals surface area contributed by atoms with E-state index in [1.165, 1.54) is 25.1 Å². The molecule has 3 aromatic rings. The molecule has 0 unspecified atom stereocenters. The van der Waals surface area contributed by atoms with Gasteiger partial charge in [0.1, 0.15) is 29.1 Å². The molecule has 0 spiro atoms. The predicted molar refractivity (Wildman–Crippen MR) is 119 cm³/mol. The zero-order valence-corrected chi connectivity index (χ0v) is 18.1. The molecule has 0 saturated heterocycles.